The number of carbonyl (C=O) groups excluding carboxylic acids is 1. The molecule has 1 amide bonds. The minimum atomic E-state index is -0.251. The predicted molar refractivity (Wildman–Crippen MR) is 75.4 cm³/mol. The van der Waals surface area contributed by atoms with E-state index >= 15 is 0 Å². The number of amides is 1. The van der Waals surface area contributed by atoms with Crippen molar-refractivity contribution in [1.29, 1.82) is 0 Å². The fourth-order valence-corrected chi connectivity index (χ4v) is 2.24. The van der Waals surface area contributed by atoms with Gasteiger partial charge in [-0.1, -0.05) is 23.7 Å². The van der Waals surface area contributed by atoms with E-state index in [-0.39, 0.29) is 18.1 Å². The lowest BCUT2D eigenvalue weighted by Crippen LogP contribution is -2.55. The average molecular weight is 283 g/mol. The van der Waals surface area contributed by atoms with Crippen LogP contribution in [0.15, 0.2) is 24.3 Å². The van der Waals surface area contributed by atoms with Crippen LogP contribution in [0.3, 0.4) is 0 Å². The smallest absolute Gasteiger partial charge is 0.239 e. The summed E-state index contributed by atoms with van der Waals surface area (Å²) in [6.45, 7) is 3.91. The normalized spacial score (nSPS) is 23.1. The summed E-state index contributed by atoms with van der Waals surface area (Å²) in [5, 5.41) is 6.83. The Morgan fingerprint density at radius 3 is 2.89 bits per heavy atom. The van der Waals surface area contributed by atoms with Crippen molar-refractivity contribution in [3.63, 3.8) is 0 Å². The largest absolute Gasteiger partial charge is 0.375 e. The molecule has 2 N–H and O–H groups in total. The van der Waals surface area contributed by atoms with Crippen LogP contribution in [0, 0.1) is 0 Å². The molecule has 0 saturated carbocycles. The van der Waals surface area contributed by atoms with Gasteiger partial charge in [0.25, 0.3) is 0 Å². The predicted octanol–water partition coefficient (Wildman–Crippen LogP) is 1.38. The van der Waals surface area contributed by atoms with E-state index in [2.05, 4.69) is 10.6 Å². The first-order valence-electron chi connectivity index (χ1n) is 6.54. The summed E-state index contributed by atoms with van der Waals surface area (Å²) in [6, 6.07) is 7.41. The van der Waals surface area contributed by atoms with Crippen molar-refractivity contribution in [3.8, 4) is 0 Å². The second-order valence-corrected chi connectivity index (χ2v) is 5.11. The highest BCUT2D eigenvalue weighted by atomic mass is 35.5. The molecule has 1 aliphatic rings. The van der Waals surface area contributed by atoms with Crippen LogP contribution in [0.1, 0.15) is 12.5 Å². The van der Waals surface area contributed by atoms with Gasteiger partial charge in [-0.2, -0.15) is 0 Å². The van der Waals surface area contributed by atoms with Crippen molar-refractivity contribution in [1.82, 2.24) is 10.6 Å². The molecule has 0 aliphatic carbocycles. The van der Waals surface area contributed by atoms with E-state index < -0.39 is 0 Å². The van der Waals surface area contributed by atoms with E-state index in [1.54, 1.807) is 0 Å². The molecule has 1 saturated heterocycles. The summed E-state index contributed by atoms with van der Waals surface area (Å²) in [6.07, 6.45) is 0.717. The van der Waals surface area contributed by atoms with E-state index in [4.69, 9.17) is 16.3 Å². The van der Waals surface area contributed by atoms with Gasteiger partial charge < -0.3 is 15.4 Å². The maximum absolute atomic E-state index is 12.0. The quantitative estimate of drug-likeness (QED) is 0.877. The highest BCUT2D eigenvalue weighted by Gasteiger charge is 2.27. The second-order valence-electron chi connectivity index (χ2n) is 4.68. The molecule has 0 unspecified atom stereocenters. The van der Waals surface area contributed by atoms with Gasteiger partial charge in [-0.15, -0.1) is 0 Å². The minimum absolute atomic E-state index is 0.00108. The fraction of sp³-hybridized carbons (Fsp3) is 0.500. The van der Waals surface area contributed by atoms with Crippen LogP contribution in [-0.4, -0.2) is 37.7 Å². The molecule has 0 spiro atoms. The van der Waals surface area contributed by atoms with Crippen LogP contribution in [0.25, 0.3) is 0 Å². The second kappa shape index (κ2) is 6.89. The first-order valence-corrected chi connectivity index (χ1v) is 6.92. The summed E-state index contributed by atoms with van der Waals surface area (Å²) in [5.74, 6) is 0.00108. The molecule has 1 aromatic rings. The van der Waals surface area contributed by atoms with Gasteiger partial charge in [0.2, 0.25) is 5.91 Å². The molecule has 1 fully saturated rings. The molecule has 0 radical (unpaired) electrons. The van der Waals surface area contributed by atoms with Crippen LogP contribution in [0.4, 0.5) is 0 Å². The van der Waals surface area contributed by atoms with Crippen molar-refractivity contribution in [3.05, 3.63) is 34.9 Å². The maximum atomic E-state index is 12.0. The SMILES string of the molecule is C[C@H]1OCCN[C@@H]1C(=O)NCCc1ccc(Cl)cc1. The fourth-order valence-electron chi connectivity index (χ4n) is 2.12. The zero-order valence-corrected chi connectivity index (χ0v) is 11.7. The Balaban J connectivity index is 1.75. The van der Waals surface area contributed by atoms with E-state index in [0.717, 1.165) is 23.6 Å². The van der Waals surface area contributed by atoms with Crippen molar-refractivity contribution in [2.45, 2.75) is 25.5 Å². The average Bonchev–Trinajstić information content (AvgIpc) is 2.41. The molecule has 5 heteroatoms. The lowest BCUT2D eigenvalue weighted by Gasteiger charge is -2.29. The van der Waals surface area contributed by atoms with Gasteiger partial charge in [0.15, 0.2) is 0 Å². The molecule has 1 aliphatic heterocycles. The van der Waals surface area contributed by atoms with Crippen molar-refractivity contribution >= 4 is 17.5 Å². The zero-order valence-electron chi connectivity index (χ0n) is 11.0. The van der Waals surface area contributed by atoms with Gasteiger partial charge in [-0.05, 0) is 31.0 Å². The Bertz CT molecular complexity index is 422. The number of ether oxygens (including phenoxy) is 1. The van der Waals surface area contributed by atoms with E-state index in [1.807, 2.05) is 31.2 Å². The van der Waals surface area contributed by atoms with Crippen LogP contribution >= 0.6 is 11.6 Å². The number of hydrogen-bond donors (Lipinski definition) is 2. The number of hydrogen-bond acceptors (Lipinski definition) is 3. The minimum Gasteiger partial charge on any atom is -0.375 e. The van der Waals surface area contributed by atoms with Crippen molar-refractivity contribution in [2.75, 3.05) is 19.7 Å². The summed E-state index contributed by atoms with van der Waals surface area (Å²) >= 11 is 5.82. The molecule has 0 aromatic heterocycles. The standard InChI is InChI=1S/C14H19ClN2O2/c1-10-13(16-8-9-19-10)14(18)17-7-6-11-2-4-12(15)5-3-11/h2-5,10,13,16H,6-9H2,1H3,(H,17,18)/t10-,13+/m1/s1. The number of rotatable bonds is 4. The number of benzene rings is 1. The molecule has 104 valence electrons. The van der Waals surface area contributed by atoms with Crippen LogP contribution in [0.5, 0.6) is 0 Å². The third kappa shape index (κ3) is 4.20. The highest BCUT2D eigenvalue weighted by Crippen LogP contribution is 2.09. The Labute approximate surface area is 118 Å². The summed E-state index contributed by atoms with van der Waals surface area (Å²) < 4.78 is 5.45. The number of carbonyl (C=O) groups is 1. The molecule has 2 rings (SSSR count). The molecular weight excluding hydrogens is 264 g/mol. The molecule has 1 heterocycles. The van der Waals surface area contributed by atoms with E-state index in [1.165, 1.54) is 0 Å². The van der Waals surface area contributed by atoms with Gasteiger partial charge in [0.1, 0.15) is 6.04 Å². The van der Waals surface area contributed by atoms with Gasteiger partial charge in [0.05, 0.1) is 12.7 Å². The van der Waals surface area contributed by atoms with Crippen molar-refractivity contribution < 1.29 is 9.53 Å². The molecule has 19 heavy (non-hydrogen) atoms. The lowest BCUT2D eigenvalue weighted by molar-refractivity contribution is -0.128. The van der Waals surface area contributed by atoms with Gasteiger partial charge in [-0.25, -0.2) is 0 Å². The van der Waals surface area contributed by atoms with Crippen LogP contribution < -0.4 is 10.6 Å². The molecular formula is C14H19ClN2O2. The van der Waals surface area contributed by atoms with Gasteiger partial charge in [-0.3, -0.25) is 4.79 Å². The van der Waals surface area contributed by atoms with E-state index in [0.29, 0.717) is 13.2 Å². The van der Waals surface area contributed by atoms with Crippen LogP contribution in [-0.2, 0) is 16.0 Å². The van der Waals surface area contributed by atoms with Crippen LogP contribution in [0.2, 0.25) is 5.02 Å². The third-order valence-electron chi connectivity index (χ3n) is 3.23. The lowest BCUT2D eigenvalue weighted by atomic mass is 10.1. The third-order valence-corrected chi connectivity index (χ3v) is 3.48. The first kappa shape index (κ1) is 14.3. The monoisotopic (exact) mass is 282 g/mol. The first-order chi connectivity index (χ1) is 9.16. The Morgan fingerprint density at radius 1 is 1.47 bits per heavy atom. The Morgan fingerprint density at radius 2 is 2.21 bits per heavy atom. The summed E-state index contributed by atoms with van der Waals surface area (Å²) in [5.41, 5.74) is 1.16. The Kier molecular flexibility index (Phi) is 5.19. The number of nitrogens with one attached hydrogen (secondary N) is 2. The number of morpholine rings is 1. The topological polar surface area (TPSA) is 50.4 Å². The maximum Gasteiger partial charge on any atom is 0.239 e. The highest BCUT2D eigenvalue weighted by molar-refractivity contribution is 6.30. The molecule has 0 bridgehead atoms. The van der Waals surface area contributed by atoms with Gasteiger partial charge >= 0.3 is 0 Å². The van der Waals surface area contributed by atoms with Crippen molar-refractivity contribution in [2.24, 2.45) is 0 Å². The zero-order chi connectivity index (χ0) is 13.7. The summed E-state index contributed by atoms with van der Waals surface area (Å²) in [7, 11) is 0. The summed E-state index contributed by atoms with van der Waals surface area (Å²) in [4.78, 5) is 12.0. The Hall–Kier alpha value is -1.10. The van der Waals surface area contributed by atoms with E-state index in [9.17, 15) is 4.79 Å². The molecule has 1 aromatic carbocycles. The molecule has 2 atom stereocenters. The molecule has 4 nitrogen and oxygen atoms in total. The van der Waals surface area contributed by atoms with Gasteiger partial charge in [0, 0.05) is 18.1 Å². The number of halogens is 1.